The molecular weight excluding hydrogens is 372 g/mol. The molecule has 2 heterocycles. The maximum Gasteiger partial charge on any atom is 0.264 e. The smallest absolute Gasteiger partial charge is 0.264 e. The molecule has 144 valence electrons. The van der Waals surface area contributed by atoms with Crippen molar-refractivity contribution in [1.82, 2.24) is 4.98 Å². The van der Waals surface area contributed by atoms with E-state index in [0.29, 0.717) is 24.3 Å². The van der Waals surface area contributed by atoms with E-state index in [1.54, 1.807) is 6.07 Å². The van der Waals surface area contributed by atoms with Crippen LogP contribution in [0.3, 0.4) is 0 Å². The third-order valence-corrected chi connectivity index (χ3v) is 7.86. The number of aromatic nitrogens is 1. The van der Waals surface area contributed by atoms with Gasteiger partial charge in [0.1, 0.15) is 0 Å². The second kappa shape index (κ2) is 6.21. The molecule has 0 saturated heterocycles. The zero-order valence-corrected chi connectivity index (χ0v) is 16.6. The van der Waals surface area contributed by atoms with E-state index >= 15 is 0 Å². The number of H-pyrrole nitrogens is 1. The Morgan fingerprint density at radius 2 is 1.93 bits per heavy atom. The number of sulfonamides is 1. The summed E-state index contributed by atoms with van der Waals surface area (Å²) >= 11 is 0. The zero-order valence-electron chi connectivity index (χ0n) is 15.8. The Bertz CT molecular complexity index is 1220. The molecule has 1 aromatic heterocycles. The van der Waals surface area contributed by atoms with Gasteiger partial charge in [0.25, 0.3) is 10.0 Å². The van der Waals surface area contributed by atoms with Crippen molar-refractivity contribution in [3.05, 3.63) is 58.8 Å². The highest BCUT2D eigenvalue weighted by Gasteiger charge is 2.33. The van der Waals surface area contributed by atoms with E-state index in [1.165, 1.54) is 4.31 Å². The van der Waals surface area contributed by atoms with Crippen LogP contribution < -0.4 is 4.31 Å². The lowest BCUT2D eigenvalue weighted by Gasteiger charge is -2.21. The summed E-state index contributed by atoms with van der Waals surface area (Å²) in [5, 5.41) is 0.859. The molecule has 28 heavy (non-hydrogen) atoms. The molecule has 5 rings (SSSR count). The normalized spacial score (nSPS) is 16.5. The maximum absolute atomic E-state index is 13.6. The van der Waals surface area contributed by atoms with Gasteiger partial charge >= 0.3 is 0 Å². The second-order valence-corrected chi connectivity index (χ2v) is 9.40. The summed E-state index contributed by atoms with van der Waals surface area (Å²) in [6.07, 6.45) is 3.55. The van der Waals surface area contributed by atoms with E-state index < -0.39 is 10.0 Å². The topological polar surface area (TPSA) is 70.2 Å². The highest BCUT2D eigenvalue weighted by molar-refractivity contribution is 7.93. The molecule has 0 bridgehead atoms. The Balaban J connectivity index is 1.70. The van der Waals surface area contributed by atoms with Gasteiger partial charge in [-0.05, 0) is 55.0 Å². The molecule has 1 aliphatic heterocycles. The van der Waals surface area contributed by atoms with E-state index in [1.807, 2.05) is 37.3 Å². The fourth-order valence-corrected chi connectivity index (χ4v) is 6.38. The van der Waals surface area contributed by atoms with Crippen LogP contribution in [0.2, 0.25) is 0 Å². The summed E-state index contributed by atoms with van der Waals surface area (Å²) < 4.78 is 28.7. The number of carbonyl (C=O) groups excluding carboxylic acids is 1. The standard InChI is InChI=1S/C22H22N2O3S/c1-2-14-12-16-18(23-17-7-5-9-20(25)22(16)17)13-21(14)28(26,27)24-11-10-15-6-3-4-8-19(15)24/h3-4,6,8,12-13,23H,2,5,7,9-11H2,1H3. The van der Waals surface area contributed by atoms with Gasteiger partial charge in [-0.25, -0.2) is 8.42 Å². The van der Waals surface area contributed by atoms with Gasteiger partial charge in [0.2, 0.25) is 0 Å². The van der Waals surface area contributed by atoms with Crippen molar-refractivity contribution in [1.29, 1.82) is 0 Å². The average molecular weight is 394 g/mol. The van der Waals surface area contributed by atoms with Gasteiger partial charge in [-0.2, -0.15) is 0 Å². The summed E-state index contributed by atoms with van der Waals surface area (Å²) in [5.74, 6) is 0.152. The molecule has 0 spiro atoms. The largest absolute Gasteiger partial charge is 0.358 e. The first-order valence-electron chi connectivity index (χ1n) is 9.82. The quantitative estimate of drug-likeness (QED) is 0.730. The Kier molecular flexibility index (Phi) is 3.88. The van der Waals surface area contributed by atoms with Gasteiger partial charge in [0.05, 0.1) is 10.6 Å². The summed E-state index contributed by atoms with van der Waals surface area (Å²) in [6.45, 7) is 2.42. The molecule has 2 aromatic carbocycles. The number of aromatic amines is 1. The van der Waals surface area contributed by atoms with Crippen LogP contribution in [-0.4, -0.2) is 25.7 Å². The predicted octanol–water partition coefficient (Wildman–Crippen LogP) is 4.00. The highest BCUT2D eigenvalue weighted by atomic mass is 32.2. The van der Waals surface area contributed by atoms with Crippen LogP contribution in [0.1, 0.15) is 46.9 Å². The third-order valence-electron chi connectivity index (χ3n) is 5.96. The number of aryl methyl sites for hydroxylation is 2. The molecule has 3 aromatic rings. The number of anilines is 1. The average Bonchev–Trinajstić information content (AvgIpc) is 3.29. The van der Waals surface area contributed by atoms with E-state index in [2.05, 4.69) is 4.98 Å². The molecule has 0 unspecified atom stereocenters. The molecule has 5 nitrogen and oxygen atoms in total. The molecule has 0 radical (unpaired) electrons. The maximum atomic E-state index is 13.6. The summed E-state index contributed by atoms with van der Waals surface area (Å²) in [4.78, 5) is 16.1. The zero-order chi connectivity index (χ0) is 19.5. The van der Waals surface area contributed by atoms with Gasteiger partial charge in [-0.3, -0.25) is 9.10 Å². The van der Waals surface area contributed by atoms with Crippen molar-refractivity contribution in [3.8, 4) is 0 Å². The van der Waals surface area contributed by atoms with Crippen molar-refractivity contribution in [3.63, 3.8) is 0 Å². The number of rotatable bonds is 3. The molecule has 6 heteroatoms. The first-order chi connectivity index (χ1) is 13.5. The number of hydrogen-bond donors (Lipinski definition) is 1. The number of para-hydroxylation sites is 1. The minimum absolute atomic E-state index is 0.152. The van der Waals surface area contributed by atoms with Gasteiger partial charge in [-0.15, -0.1) is 0 Å². The van der Waals surface area contributed by atoms with Crippen LogP contribution in [0.25, 0.3) is 10.9 Å². The van der Waals surface area contributed by atoms with Gasteiger partial charge in [0, 0.05) is 35.1 Å². The predicted molar refractivity (Wildman–Crippen MR) is 110 cm³/mol. The highest BCUT2D eigenvalue weighted by Crippen LogP contribution is 2.37. The summed E-state index contributed by atoms with van der Waals surface area (Å²) in [7, 11) is -3.67. The van der Waals surface area contributed by atoms with Crippen molar-refractivity contribution in [2.24, 2.45) is 0 Å². The van der Waals surface area contributed by atoms with Gasteiger partial charge < -0.3 is 4.98 Å². The van der Waals surface area contributed by atoms with Crippen molar-refractivity contribution in [2.45, 2.75) is 43.9 Å². The number of ketones is 1. The van der Waals surface area contributed by atoms with Crippen LogP contribution in [0.4, 0.5) is 5.69 Å². The lowest BCUT2D eigenvalue weighted by atomic mass is 9.94. The Morgan fingerprint density at radius 1 is 1.11 bits per heavy atom. The Hall–Kier alpha value is -2.60. The Labute approximate surface area is 164 Å². The van der Waals surface area contributed by atoms with Crippen LogP contribution in [0.5, 0.6) is 0 Å². The molecule has 0 amide bonds. The van der Waals surface area contributed by atoms with E-state index in [0.717, 1.165) is 58.2 Å². The second-order valence-electron chi connectivity index (χ2n) is 7.57. The molecule has 0 fully saturated rings. The fraction of sp³-hybridized carbons (Fsp3) is 0.318. The fourth-order valence-electron chi connectivity index (χ4n) is 4.57. The summed E-state index contributed by atoms with van der Waals surface area (Å²) in [6, 6.07) is 11.3. The van der Waals surface area contributed by atoms with Gasteiger partial charge in [0.15, 0.2) is 5.78 Å². The third kappa shape index (κ3) is 2.44. The number of nitrogens with zero attached hydrogens (tertiary/aromatic N) is 1. The van der Waals surface area contributed by atoms with Crippen molar-refractivity contribution < 1.29 is 13.2 Å². The van der Waals surface area contributed by atoms with Crippen LogP contribution >= 0.6 is 0 Å². The number of fused-ring (bicyclic) bond motifs is 4. The number of carbonyl (C=O) groups is 1. The number of nitrogens with one attached hydrogen (secondary N) is 1. The monoisotopic (exact) mass is 394 g/mol. The van der Waals surface area contributed by atoms with Crippen molar-refractivity contribution >= 4 is 32.4 Å². The minimum atomic E-state index is -3.67. The summed E-state index contributed by atoms with van der Waals surface area (Å²) in [5.41, 5.74) is 5.03. The van der Waals surface area contributed by atoms with Crippen LogP contribution in [-0.2, 0) is 29.3 Å². The first-order valence-corrected chi connectivity index (χ1v) is 11.3. The van der Waals surface area contributed by atoms with E-state index in [9.17, 15) is 13.2 Å². The lowest BCUT2D eigenvalue weighted by Crippen LogP contribution is -2.29. The molecule has 1 N–H and O–H groups in total. The van der Waals surface area contributed by atoms with E-state index in [-0.39, 0.29) is 5.78 Å². The van der Waals surface area contributed by atoms with Crippen LogP contribution in [0.15, 0.2) is 41.3 Å². The molecule has 2 aliphatic rings. The number of benzene rings is 2. The lowest BCUT2D eigenvalue weighted by molar-refractivity contribution is 0.0974. The number of Topliss-reactive ketones (excluding diaryl/α,β-unsaturated/α-hetero) is 1. The first kappa shape index (κ1) is 17.5. The van der Waals surface area contributed by atoms with Crippen LogP contribution in [0, 0.1) is 0 Å². The van der Waals surface area contributed by atoms with E-state index in [4.69, 9.17) is 0 Å². The molecule has 0 atom stereocenters. The van der Waals surface area contributed by atoms with Crippen molar-refractivity contribution in [2.75, 3.05) is 10.8 Å². The number of hydrogen-bond acceptors (Lipinski definition) is 3. The molecule has 0 saturated carbocycles. The molecular formula is C22H22N2O3S. The Morgan fingerprint density at radius 3 is 2.75 bits per heavy atom. The minimum Gasteiger partial charge on any atom is -0.358 e. The molecule has 1 aliphatic carbocycles. The SMILES string of the molecule is CCc1cc2c3c([nH]c2cc1S(=O)(=O)N1CCc2ccccc21)CCCC3=O. The van der Waals surface area contributed by atoms with Gasteiger partial charge in [-0.1, -0.05) is 25.1 Å².